The van der Waals surface area contributed by atoms with Crippen molar-refractivity contribution in [3.63, 3.8) is 0 Å². The minimum absolute atomic E-state index is 0.0855. The van der Waals surface area contributed by atoms with Crippen LogP contribution in [0.5, 0.6) is 0 Å². The fourth-order valence-corrected chi connectivity index (χ4v) is 3.02. The lowest BCUT2D eigenvalue weighted by molar-refractivity contribution is -0.125. The second-order valence-electron chi connectivity index (χ2n) is 5.71. The molecule has 8 heteroatoms. The number of nitrogens with one attached hydrogen (secondary N) is 1. The first-order chi connectivity index (χ1) is 12.9. The number of nitrogens with zero attached hydrogens (tertiary/aromatic N) is 1. The second kappa shape index (κ2) is 9.72. The molecule has 0 saturated carbocycles. The minimum Gasteiger partial charge on any atom is -0.452 e. The van der Waals surface area contributed by atoms with Gasteiger partial charge in [-0.05, 0) is 30.3 Å². The van der Waals surface area contributed by atoms with Gasteiger partial charge in [-0.15, -0.1) is 11.8 Å². The molecule has 2 aromatic carbocycles. The molecule has 1 N–H and O–H groups in total. The molecule has 0 atom stereocenters. The Hall–Kier alpha value is -2.87. The molecule has 2 aromatic rings. The highest BCUT2D eigenvalue weighted by molar-refractivity contribution is 8.00. The first kappa shape index (κ1) is 20.4. The van der Waals surface area contributed by atoms with Gasteiger partial charge < -0.3 is 15.0 Å². The monoisotopic (exact) mass is 390 g/mol. The normalized spacial score (nSPS) is 10.2. The maximum Gasteiger partial charge on any atom is 0.339 e. The molecule has 0 aliphatic rings. The van der Waals surface area contributed by atoms with E-state index in [1.54, 1.807) is 38.4 Å². The lowest BCUT2D eigenvalue weighted by Gasteiger charge is -2.12. The SMILES string of the molecule is CN(C)C(=O)CSc1ccccc1C(=O)OCC(=O)Nc1cccc(F)c1. The van der Waals surface area contributed by atoms with E-state index in [4.69, 9.17) is 4.74 Å². The molecule has 0 saturated heterocycles. The highest BCUT2D eigenvalue weighted by atomic mass is 32.2. The second-order valence-corrected chi connectivity index (χ2v) is 6.72. The fraction of sp³-hybridized carbons (Fsp3) is 0.211. The van der Waals surface area contributed by atoms with Crippen LogP contribution in [0.4, 0.5) is 10.1 Å². The molecule has 0 spiro atoms. The molecule has 0 aliphatic carbocycles. The Morgan fingerprint density at radius 3 is 2.56 bits per heavy atom. The summed E-state index contributed by atoms with van der Waals surface area (Å²) in [6.45, 7) is -0.509. The summed E-state index contributed by atoms with van der Waals surface area (Å²) in [5, 5.41) is 2.45. The van der Waals surface area contributed by atoms with Gasteiger partial charge in [-0.1, -0.05) is 18.2 Å². The molecule has 6 nitrogen and oxygen atoms in total. The summed E-state index contributed by atoms with van der Waals surface area (Å²) in [5.74, 6) is -1.65. The minimum atomic E-state index is -0.676. The van der Waals surface area contributed by atoms with Gasteiger partial charge in [-0.25, -0.2) is 9.18 Å². The van der Waals surface area contributed by atoms with E-state index >= 15 is 0 Å². The predicted molar refractivity (Wildman–Crippen MR) is 101 cm³/mol. The summed E-state index contributed by atoms with van der Waals surface area (Å²) >= 11 is 1.22. The number of carbonyl (C=O) groups excluding carboxylic acids is 3. The number of benzene rings is 2. The Kier molecular flexibility index (Phi) is 7.36. The van der Waals surface area contributed by atoms with Crippen molar-refractivity contribution >= 4 is 35.2 Å². The third-order valence-electron chi connectivity index (χ3n) is 3.40. The molecule has 2 amide bonds. The topological polar surface area (TPSA) is 75.7 Å². The smallest absolute Gasteiger partial charge is 0.339 e. The predicted octanol–water partition coefficient (Wildman–Crippen LogP) is 2.80. The van der Waals surface area contributed by atoms with Gasteiger partial charge in [-0.3, -0.25) is 9.59 Å². The molecular weight excluding hydrogens is 371 g/mol. The van der Waals surface area contributed by atoms with E-state index in [0.717, 1.165) is 6.07 Å². The van der Waals surface area contributed by atoms with Crippen LogP contribution in [0.25, 0.3) is 0 Å². The summed E-state index contributed by atoms with van der Waals surface area (Å²) in [6.07, 6.45) is 0. The molecular formula is C19H19FN2O4S. The number of halogens is 1. The van der Waals surface area contributed by atoms with Gasteiger partial charge in [0, 0.05) is 24.7 Å². The van der Waals surface area contributed by atoms with E-state index in [1.165, 1.54) is 34.9 Å². The van der Waals surface area contributed by atoms with Crippen molar-refractivity contribution in [3.05, 3.63) is 59.9 Å². The molecule has 0 fully saturated rings. The van der Waals surface area contributed by atoms with Crippen LogP contribution in [-0.2, 0) is 14.3 Å². The van der Waals surface area contributed by atoms with E-state index in [9.17, 15) is 18.8 Å². The van der Waals surface area contributed by atoms with Crippen molar-refractivity contribution in [3.8, 4) is 0 Å². The van der Waals surface area contributed by atoms with Gasteiger partial charge >= 0.3 is 5.97 Å². The van der Waals surface area contributed by atoms with Crippen LogP contribution >= 0.6 is 11.8 Å². The highest BCUT2D eigenvalue weighted by Crippen LogP contribution is 2.23. The van der Waals surface area contributed by atoms with Crippen LogP contribution in [0, 0.1) is 5.82 Å². The van der Waals surface area contributed by atoms with Gasteiger partial charge in [0.15, 0.2) is 6.61 Å². The Morgan fingerprint density at radius 1 is 1.11 bits per heavy atom. The largest absolute Gasteiger partial charge is 0.452 e. The first-order valence-electron chi connectivity index (χ1n) is 8.01. The van der Waals surface area contributed by atoms with Crippen LogP contribution < -0.4 is 5.32 Å². The van der Waals surface area contributed by atoms with Gasteiger partial charge in [0.05, 0.1) is 11.3 Å². The average Bonchev–Trinajstić information content (AvgIpc) is 2.64. The quantitative estimate of drug-likeness (QED) is 0.581. The lowest BCUT2D eigenvalue weighted by Crippen LogP contribution is -2.23. The molecule has 0 aliphatic heterocycles. The molecule has 0 heterocycles. The van der Waals surface area contributed by atoms with E-state index < -0.39 is 24.3 Å². The standard InChI is InChI=1S/C19H19FN2O4S/c1-22(2)18(24)12-27-16-9-4-3-8-15(16)19(25)26-11-17(23)21-14-7-5-6-13(20)10-14/h3-10H,11-12H2,1-2H3,(H,21,23). The third-order valence-corrected chi connectivity index (χ3v) is 4.46. The molecule has 0 bridgehead atoms. The number of ether oxygens (including phenoxy) is 1. The zero-order chi connectivity index (χ0) is 19.8. The van der Waals surface area contributed by atoms with E-state index in [2.05, 4.69) is 5.32 Å². The van der Waals surface area contributed by atoms with Gasteiger partial charge in [0.25, 0.3) is 5.91 Å². The number of thioether (sulfide) groups is 1. The number of hydrogen-bond acceptors (Lipinski definition) is 5. The first-order valence-corrected chi connectivity index (χ1v) is 9.00. The molecule has 27 heavy (non-hydrogen) atoms. The zero-order valence-electron chi connectivity index (χ0n) is 14.9. The van der Waals surface area contributed by atoms with Gasteiger partial charge in [-0.2, -0.15) is 0 Å². The number of rotatable bonds is 7. The molecule has 0 unspecified atom stereocenters. The van der Waals surface area contributed by atoms with Crippen molar-refractivity contribution in [1.29, 1.82) is 0 Å². The van der Waals surface area contributed by atoms with Crippen molar-refractivity contribution in [2.45, 2.75) is 4.90 Å². The van der Waals surface area contributed by atoms with Crippen molar-refractivity contribution in [2.24, 2.45) is 0 Å². The molecule has 2 rings (SSSR count). The maximum absolute atomic E-state index is 13.1. The number of hydrogen-bond donors (Lipinski definition) is 1. The van der Waals surface area contributed by atoms with E-state index in [0.29, 0.717) is 4.90 Å². The van der Waals surface area contributed by atoms with Crippen molar-refractivity contribution in [1.82, 2.24) is 4.90 Å². The lowest BCUT2D eigenvalue weighted by atomic mass is 10.2. The maximum atomic E-state index is 13.1. The van der Waals surface area contributed by atoms with E-state index in [1.807, 2.05) is 0 Å². The number of amides is 2. The van der Waals surface area contributed by atoms with Crippen LogP contribution in [0.3, 0.4) is 0 Å². The zero-order valence-corrected chi connectivity index (χ0v) is 15.7. The van der Waals surface area contributed by atoms with Crippen molar-refractivity contribution < 1.29 is 23.5 Å². The number of esters is 1. The van der Waals surface area contributed by atoms with Crippen LogP contribution in [0.15, 0.2) is 53.4 Å². The summed E-state index contributed by atoms with van der Waals surface area (Å²) < 4.78 is 18.1. The Morgan fingerprint density at radius 2 is 1.85 bits per heavy atom. The number of anilines is 1. The van der Waals surface area contributed by atoms with Crippen LogP contribution in [0.1, 0.15) is 10.4 Å². The Balaban J connectivity index is 1.93. The molecule has 0 radical (unpaired) electrons. The molecule has 142 valence electrons. The average molecular weight is 390 g/mol. The fourth-order valence-electron chi connectivity index (χ4n) is 2.00. The summed E-state index contributed by atoms with van der Waals surface area (Å²) in [4.78, 5) is 37.9. The van der Waals surface area contributed by atoms with Crippen LogP contribution in [0.2, 0.25) is 0 Å². The third kappa shape index (κ3) is 6.41. The molecule has 0 aromatic heterocycles. The van der Waals surface area contributed by atoms with Gasteiger partial charge in [0.2, 0.25) is 5.91 Å². The Bertz CT molecular complexity index is 842. The summed E-state index contributed by atoms with van der Waals surface area (Å²) in [6, 6.07) is 12.1. The summed E-state index contributed by atoms with van der Waals surface area (Å²) in [5.41, 5.74) is 0.543. The highest BCUT2D eigenvalue weighted by Gasteiger charge is 2.16. The van der Waals surface area contributed by atoms with Gasteiger partial charge in [0.1, 0.15) is 5.82 Å². The van der Waals surface area contributed by atoms with Crippen LogP contribution in [-0.4, -0.2) is 49.1 Å². The number of carbonyl (C=O) groups is 3. The Labute approximate surface area is 160 Å². The van der Waals surface area contributed by atoms with E-state index in [-0.39, 0.29) is 22.9 Å². The van der Waals surface area contributed by atoms with Crippen molar-refractivity contribution in [2.75, 3.05) is 31.8 Å². The summed E-state index contributed by atoms with van der Waals surface area (Å²) in [7, 11) is 3.31.